The standard InChI is InChI=1S/C16H34N4/c1-5-15(4)19-16(17)18-8-6-7-9-20-11-13(2)10-14(3)12-20/h13-15H,5-12H2,1-4H3,(H3,17,18,19). The molecule has 3 N–H and O–H groups in total. The zero-order chi connectivity index (χ0) is 15.0. The van der Waals surface area contributed by atoms with Gasteiger partial charge in [-0.3, -0.25) is 4.99 Å². The first-order chi connectivity index (χ1) is 9.51. The quantitative estimate of drug-likeness (QED) is 0.428. The van der Waals surface area contributed by atoms with Crippen molar-refractivity contribution in [2.45, 2.75) is 59.4 Å². The molecule has 4 nitrogen and oxygen atoms in total. The molecule has 20 heavy (non-hydrogen) atoms. The van der Waals surface area contributed by atoms with Gasteiger partial charge in [-0.05, 0) is 51.0 Å². The predicted molar refractivity (Wildman–Crippen MR) is 88.0 cm³/mol. The lowest BCUT2D eigenvalue weighted by atomic mass is 9.92. The maximum absolute atomic E-state index is 5.84. The minimum absolute atomic E-state index is 0.412. The molecule has 1 aliphatic heterocycles. The van der Waals surface area contributed by atoms with Gasteiger partial charge in [0, 0.05) is 25.7 Å². The number of nitrogens with zero attached hydrogens (tertiary/aromatic N) is 2. The van der Waals surface area contributed by atoms with Gasteiger partial charge in [0.1, 0.15) is 0 Å². The highest BCUT2D eigenvalue weighted by Gasteiger charge is 2.20. The molecule has 0 bridgehead atoms. The van der Waals surface area contributed by atoms with Crippen LogP contribution in [-0.4, -0.2) is 43.1 Å². The molecule has 0 amide bonds. The van der Waals surface area contributed by atoms with E-state index in [9.17, 15) is 0 Å². The third-order valence-electron chi connectivity index (χ3n) is 4.12. The van der Waals surface area contributed by atoms with E-state index in [0.29, 0.717) is 12.0 Å². The number of hydrogen-bond acceptors (Lipinski definition) is 2. The van der Waals surface area contributed by atoms with Gasteiger partial charge in [0.05, 0.1) is 0 Å². The Morgan fingerprint density at radius 1 is 1.30 bits per heavy atom. The number of nitrogens with one attached hydrogen (secondary N) is 1. The lowest BCUT2D eigenvalue weighted by Crippen LogP contribution is -2.39. The Kier molecular flexibility index (Phi) is 7.97. The van der Waals surface area contributed by atoms with E-state index in [2.05, 4.69) is 42.9 Å². The third kappa shape index (κ3) is 7.13. The van der Waals surface area contributed by atoms with Crippen LogP contribution in [0.3, 0.4) is 0 Å². The molecule has 0 spiro atoms. The van der Waals surface area contributed by atoms with Gasteiger partial charge in [-0.1, -0.05) is 20.8 Å². The van der Waals surface area contributed by atoms with Gasteiger partial charge in [0.15, 0.2) is 5.96 Å². The number of aliphatic imine (C=N–C) groups is 1. The Hall–Kier alpha value is -0.770. The monoisotopic (exact) mass is 282 g/mol. The van der Waals surface area contributed by atoms with Gasteiger partial charge in [-0.15, -0.1) is 0 Å². The summed E-state index contributed by atoms with van der Waals surface area (Å²) < 4.78 is 0. The first kappa shape index (κ1) is 17.3. The number of hydrogen-bond donors (Lipinski definition) is 2. The summed E-state index contributed by atoms with van der Waals surface area (Å²) in [5.74, 6) is 2.30. The number of rotatable bonds is 7. The SMILES string of the molecule is CCC(C)NC(N)=NCCCCN1CC(C)CC(C)C1. The lowest BCUT2D eigenvalue weighted by molar-refractivity contribution is 0.139. The van der Waals surface area contributed by atoms with E-state index in [4.69, 9.17) is 5.73 Å². The highest BCUT2D eigenvalue weighted by atomic mass is 15.1. The Bertz CT molecular complexity index is 280. The summed E-state index contributed by atoms with van der Waals surface area (Å²) in [7, 11) is 0. The van der Waals surface area contributed by atoms with Crippen molar-refractivity contribution in [3.8, 4) is 0 Å². The molecule has 118 valence electrons. The maximum Gasteiger partial charge on any atom is 0.188 e. The maximum atomic E-state index is 5.84. The number of unbranched alkanes of at least 4 members (excludes halogenated alkanes) is 1. The van der Waals surface area contributed by atoms with Crippen molar-refractivity contribution in [2.75, 3.05) is 26.2 Å². The van der Waals surface area contributed by atoms with Gasteiger partial charge in [-0.25, -0.2) is 0 Å². The minimum Gasteiger partial charge on any atom is -0.370 e. The van der Waals surface area contributed by atoms with Crippen LogP contribution < -0.4 is 11.1 Å². The molecule has 1 rings (SSSR count). The van der Waals surface area contributed by atoms with Crippen LogP contribution in [0.15, 0.2) is 4.99 Å². The van der Waals surface area contributed by atoms with E-state index < -0.39 is 0 Å². The fourth-order valence-electron chi connectivity index (χ4n) is 3.02. The van der Waals surface area contributed by atoms with Gasteiger partial charge >= 0.3 is 0 Å². The molecular formula is C16H34N4. The average molecular weight is 282 g/mol. The molecule has 0 aromatic heterocycles. The van der Waals surface area contributed by atoms with E-state index in [1.807, 2.05) is 0 Å². The molecule has 1 saturated heterocycles. The highest BCUT2D eigenvalue weighted by molar-refractivity contribution is 5.78. The normalized spacial score (nSPS) is 26.5. The molecule has 0 aliphatic carbocycles. The van der Waals surface area contributed by atoms with Crippen LogP contribution in [0.2, 0.25) is 0 Å². The molecule has 3 unspecified atom stereocenters. The van der Waals surface area contributed by atoms with Crippen molar-refractivity contribution in [2.24, 2.45) is 22.6 Å². The largest absolute Gasteiger partial charge is 0.370 e. The first-order valence-electron chi connectivity index (χ1n) is 8.30. The molecule has 0 radical (unpaired) electrons. The second-order valence-corrected chi connectivity index (χ2v) is 6.63. The molecule has 0 aromatic rings. The molecule has 0 aromatic carbocycles. The van der Waals surface area contributed by atoms with Crippen molar-refractivity contribution in [3.63, 3.8) is 0 Å². The molecular weight excluding hydrogens is 248 g/mol. The molecule has 1 heterocycles. The Morgan fingerprint density at radius 3 is 2.55 bits per heavy atom. The molecule has 0 saturated carbocycles. The number of likely N-dealkylation sites (tertiary alicyclic amines) is 1. The van der Waals surface area contributed by atoms with Gasteiger partial charge in [0.25, 0.3) is 0 Å². The van der Waals surface area contributed by atoms with Crippen LogP contribution >= 0.6 is 0 Å². The zero-order valence-electron chi connectivity index (χ0n) is 13.9. The van der Waals surface area contributed by atoms with Crippen molar-refractivity contribution < 1.29 is 0 Å². The van der Waals surface area contributed by atoms with Crippen LogP contribution in [0.25, 0.3) is 0 Å². The number of nitrogens with two attached hydrogens (primary N) is 1. The van der Waals surface area contributed by atoms with Gasteiger partial charge in [-0.2, -0.15) is 0 Å². The summed E-state index contributed by atoms with van der Waals surface area (Å²) in [4.78, 5) is 7.00. The fraction of sp³-hybridized carbons (Fsp3) is 0.938. The minimum atomic E-state index is 0.412. The summed E-state index contributed by atoms with van der Waals surface area (Å²) in [6.07, 6.45) is 4.81. The average Bonchev–Trinajstić information content (AvgIpc) is 2.37. The van der Waals surface area contributed by atoms with Gasteiger partial charge < -0.3 is 16.0 Å². The Labute approximate surface area is 125 Å². The molecule has 3 atom stereocenters. The first-order valence-corrected chi connectivity index (χ1v) is 8.30. The van der Waals surface area contributed by atoms with E-state index in [1.54, 1.807) is 0 Å². The zero-order valence-corrected chi connectivity index (χ0v) is 13.9. The predicted octanol–water partition coefficient (Wildman–Crippen LogP) is 2.45. The van der Waals surface area contributed by atoms with Crippen molar-refractivity contribution in [3.05, 3.63) is 0 Å². The smallest absolute Gasteiger partial charge is 0.188 e. The van der Waals surface area contributed by atoms with Crippen LogP contribution in [0.4, 0.5) is 0 Å². The van der Waals surface area contributed by atoms with E-state index in [-0.39, 0.29) is 0 Å². The molecule has 1 fully saturated rings. The number of piperidine rings is 1. The van der Waals surface area contributed by atoms with E-state index in [0.717, 1.165) is 31.2 Å². The van der Waals surface area contributed by atoms with Crippen molar-refractivity contribution >= 4 is 5.96 Å². The fourth-order valence-corrected chi connectivity index (χ4v) is 3.02. The van der Waals surface area contributed by atoms with Crippen LogP contribution in [0.1, 0.15) is 53.4 Å². The highest BCUT2D eigenvalue weighted by Crippen LogP contribution is 2.20. The molecule has 1 aliphatic rings. The Morgan fingerprint density at radius 2 is 1.95 bits per heavy atom. The van der Waals surface area contributed by atoms with Gasteiger partial charge in [0.2, 0.25) is 0 Å². The van der Waals surface area contributed by atoms with Crippen LogP contribution in [0.5, 0.6) is 0 Å². The summed E-state index contributed by atoms with van der Waals surface area (Å²) >= 11 is 0. The van der Waals surface area contributed by atoms with E-state index >= 15 is 0 Å². The second-order valence-electron chi connectivity index (χ2n) is 6.63. The number of guanidine groups is 1. The molecule has 4 heteroatoms. The third-order valence-corrected chi connectivity index (χ3v) is 4.12. The summed E-state index contributed by atoms with van der Waals surface area (Å²) in [5, 5.41) is 3.20. The second kappa shape index (κ2) is 9.22. The lowest BCUT2D eigenvalue weighted by Gasteiger charge is -2.34. The van der Waals surface area contributed by atoms with E-state index in [1.165, 1.54) is 32.5 Å². The van der Waals surface area contributed by atoms with Crippen LogP contribution in [0, 0.1) is 11.8 Å². The summed E-state index contributed by atoms with van der Waals surface area (Å²) in [6, 6.07) is 0.412. The van der Waals surface area contributed by atoms with Crippen LogP contribution in [-0.2, 0) is 0 Å². The topological polar surface area (TPSA) is 53.6 Å². The summed E-state index contributed by atoms with van der Waals surface area (Å²) in [5.41, 5.74) is 5.84. The van der Waals surface area contributed by atoms with Crippen molar-refractivity contribution in [1.29, 1.82) is 0 Å². The Balaban J connectivity index is 2.11. The summed E-state index contributed by atoms with van der Waals surface area (Å²) in [6.45, 7) is 13.6. The van der Waals surface area contributed by atoms with Crippen molar-refractivity contribution in [1.82, 2.24) is 10.2 Å².